The Hall–Kier alpha value is -2.32. The van der Waals surface area contributed by atoms with Gasteiger partial charge in [-0.1, -0.05) is 20.8 Å². The molecule has 2 aliphatic rings. The van der Waals surface area contributed by atoms with Gasteiger partial charge < -0.3 is 10.0 Å². The molecule has 7 nitrogen and oxygen atoms in total. The molecule has 0 aromatic carbocycles. The standard InChI is InChI=1S/C26H36N4O3S/c1-6-30(7-2)24(33)15(3)18-8-11-26(5)14-19-21(16(4)20(26)22(18)31)28-25(34-19)29-23(32)17-9-12-27-13-10-17/h9-10,12-13,15-16,18,20,22,31H,6-8,11,14H2,1-5H3,(H,28,29,32)/t15-,16-,18-,20+,22-,26-/m0/s1. The van der Waals surface area contributed by atoms with Gasteiger partial charge in [-0.3, -0.25) is 19.9 Å². The number of hydrogen-bond donors (Lipinski definition) is 2. The fourth-order valence-electron chi connectivity index (χ4n) is 6.28. The van der Waals surface area contributed by atoms with Crippen LogP contribution in [0.5, 0.6) is 0 Å². The largest absolute Gasteiger partial charge is 0.392 e. The molecule has 6 atom stereocenters. The number of carbonyl (C=O) groups is 2. The Balaban J connectivity index is 1.55. The van der Waals surface area contributed by atoms with Crippen molar-refractivity contribution in [3.63, 3.8) is 0 Å². The molecule has 0 radical (unpaired) electrons. The van der Waals surface area contributed by atoms with Gasteiger partial charge in [0.2, 0.25) is 5.91 Å². The van der Waals surface area contributed by atoms with Crippen molar-refractivity contribution in [2.24, 2.45) is 23.2 Å². The third kappa shape index (κ3) is 4.38. The molecule has 2 amide bonds. The van der Waals surface area contributed by atoms with Crippen LogP contribution in [0.1, 0.15) is 74.3 Å². The molecule has 0 spiro atoms. The van der Waals surface area contributed by atoms with E-state index in [4.69, 9.17) is 4.98 Å². The van der Waals surface area contributed by atoms with E-state index >= 15 is 0 Å². The maximum absolute atomic E-state index is 13.1. The van der Waals surface area contributed by atoms with Crippen molar-refractivity contribution in [3.05, 3.63) is 40.7 Å². The molecule has 4 rings (SSSR count). The Labute approximate surface area is 206 Å². The lowest BCUT2D eigenvalue weighted by atomic mass is 9.53. The Kier molecular flexibility index (Phi) is 7.10. The normalized spacial score (nSPS) is 29.0. The zero-order valence-corrected chi connectivity index (χ0v) is 21.6. The maximum Gasteiger partial charge on any atom is 0.257 e. The van der Waals surface area contributed by atoms with Crippen LogP contribution in [-0.2, 0) is 11.2 Å². The van der Waals surface area contributed by atoms with E-state index in [1.54, 1.807) is 24.5 Å². The average Bonchev–Trinajstić information content (AvgIpc) is 3.21. The summed E-state index contributed by atoms with van der Waals surface area (Å²) in [6.45, 7) is 11.8. The van der Waals surface area contributed by atoms with Crippen molar-refractivity contribution in [2.45, 2.75) is 65.9 Å². The molecule has 1 fully saturated rings. The lowest BCUT2D eigenvalue weighted by Crippen LogP contribution is -2.53. The summed E-state index contributed by atoms with van der Waals surface area (Å²) in [5.41, 5.74) is 1.46. The van der Waals surface area contributed by atoms with E-state index < -0.39 is 6.10 Å². The van der Waals surface area contributed by atoms with E-state index in [2.05, 4.69) is 24.1 Å². The number of aliphatic hydroxyl groups is 1. The summed E-state index contributed by atoms with van der Waals surface area (Å²) in [5, 5.41) is 15.1. The first-order valence-corrected chi connectivity index (χ1v) is 13.2. The number of hydrogen-bond acceptors (Lipinski definition) is 6. The number of aliphatic hydroxyl groups excluding tert-OH is 1. The van der Waals surface area contributed by atoms with Gasteiger partial charge in [0.1, 0.15) is 0 Å². The molecular weight excluding hydrogens is 448 g/mol. The molecule has 0 aliphatic heterocycles. The van der Waals surface area contributed by atoms with Gasteiger partial charge in [0.15, 0.2) is 5.13 Å². The van der Waals surface area contributed by atoms with Crippen LogP contribution in [0.4, 0.5) is 5.13 Å². The molecule has 1 saturated carbocycles. The third-order valence-corrected chi connectivity index (χ3v) is 9.18. The Morgan fingerprint density at radius 2 is 1.97 bits per heavy atom. The molecule has 0 unspecified atom stereocenters. The highest BCUT2D eigenvalue weighted by Gasteiger charge is 2.54. The Morgan fingerprint density at radius 1 is 1.29 bits per heavy atom. The van der Waals surface area contributed by atoms with Gasteiger partial charge in [0, 0.05) is 47.8 Å². The Morgan fingerprint density at radius 3 is 2.62 bits per heavy atom. The number of rotatable bonds is 6. The molecule has 0 saturated heterocycles. The van der Waals surface area contributed by atoms with Gasteiger partial charge in [-0.05, 0) is 62.5 Å². The van der Waals surface area contributed by atoms with Crippen LogP contribution >= 0.6 is 11.3 Å². The van der Waals surface area contributed by atoms with Crippen molar-refractivity contribution < 1.29 is 14.7 Å². The zero-order valence-electron chi connectivity index (χ0n) is 20.7. The molecule has 34 heavy (non-hydrogen) atoms. The van der Waals surface area contributed by atoms with Crippen molar-refractivity contribution in [2.75, 3.05) is 18.4 Å². The second-order valence-electron chi connectivity index (χ2n) is 10.2. The van der Waals surface area contributed by atoms with Crippen LogP contribution in [0, 0.1) is 23.2 Å². The van der Waals surface area contributed by atoms with E-state index in [-0.39, 0.29) is 40.9 Å². The lowest BCUT2D eigenvalue weighted by molar-refractivity contribution is -0.144. The summed E-state index contributed by atoms with van der Waals surface area (Å²) in [6.07, 6.45) is 5.28. The van der Waals surface area contributed by atoms with Gasteiger partial charge >= 0.3 is 0 Å². The van der Waals surface area contributed by atoms with Crippen molar-refractivity contribution in [1.82, 2.24) is 14.9 Å². The minimum absolute atomic E-state index is 0.0246. The van der Waals surface area contributed by atoms with Crippen LogP contribution in [0.25, 0.3) is 0 Å². The highest BCUT2D eigenvalue weighted by Crippen LogP contribution is 2.57. The number of aromatic nitrogens is 2. The van der Waals surface area contributed by atoms with Crippen LogP contribution in [-0.4, -0.2) is 51.0 Å². The van der Waals surface area contributed by atoms with Gasteiger partial charge in [-0.15, -0.1) is 11.3 Å². The molecule has 0 bridgehead atoms. The third-order valence-electron chi connectivity index (χ3n) is 8.19. The van der Waals surface area contributed by atoms with E-state index in [1.807, 2.05) is 25.7 Å². The second kappa shape index (κ2) is 9.74. The summed E-state index contributed by atoms with van der Waals surface area (Å²) in [5.74, 6) is -0.259. The zero-order chi connectivity index (χ0) is 24.6. The highest BCUT2D eigenvalue weighted by atomic mass is 32.1. The summed E-state index contributed by atoms with van der Waals surface area (Å²) in [4.78, 5) is 37.5. The number of fused-ring (bicyclic) bond motifs is 2. The van der Waals surface area contributed by atoms with Gasteiger partial charge in [-0.2, -0.15) is 0 Å². The smallest absolute Gasteiger partial charge is 0.257 e. The van der Waals surface area contributed by atoms with Crippen LogP contribution in [0.15, 0.2) is 24.5 Å². The van der Waals surface area contributed by atoms with Crippen molar-refractivity contribution in [3.8, 4) is 0 Å². The monoisotopic (exact) mass is 484 g/mol. The maximum atomic E-state index is 13.1. The van der Waals surface area contributed by atoms with E-state index in [0.29, 0.717) is 23.8 Å². The molecule has 2 N–H and O–H groups in total. The number of amides is 2. The second-order valence-corrected chi connectivity index (χ2v) is 11.2. The number of pyridine rings is 1. The fourth-order valence-corrected chi connectivity index (χ4v) is 7.54. The van der Waals surface area contributed by atoms with Crippen LogP contribution < -0.4 is 5.32 Å². The molecule has 2 aliphatic carbocycles. The molecule has 8 heteroatoms. The summed E-state index contributed by atoms with van der Waals surface area (Å²) in [6, 6.07) is 3.36. The number of nitrogens with one attached hydrogen (secondary N) is 1. The average molecular weight is 485 g/mol. The number of carbonyl (C=O) groups excluding carboxylic acids is 2. The quantitative estimate of drug-likeness (QED) is 0.636. The Bertz CT molecular complexity index is 1040. The van der Waals surface area contributed by atoms with Gasteiger partial charge in [0.05, 0.1) is 11.8 Å². The molecule has 2 heterocycles. The van der Waals surface area contributed by atoms with E-state index in [1.165, 1.54) is 16.2 Å². The number of thiazole rings is 1. The minimum atomic E-state index is -0.562. The molecular formula is C26H36N4O3S. The summed E-state index contributed by atoms with van der Waals surface area (Å²) < 4.78 is 0. The minimum Gasteiger partial charge on any atom is -0.392 e. The van der Waals surface area contributed by atoms with Gasteiger partial charge in [-0.25, -0.2) is 4.98 Å². The van der Waals surface area contributed by atoms with Crippen molar-refractivity contribution >= 4 is 28.3 Å². The van der Waals surface area contributed by atoms with Gasteiger partial charge in [0.25, 0.3) is 5.91 Å². The molecule has 2 aromatic heterocycles. The van der Waals surface area contributed by atoms with Crippen molar-refractivity contribution in [1.29, 1.82) is 0 Å². The van der Waals surface area contributed by atoms with E-state index in [0.717, 1.165) is 25.0 Å². The van der Waals surface area contributed by atoms with E-state index in [9.17, 15) is 14.7 Å². The first-order valence-electron chi connectivity index (χ1n) is 12.4. The lowest BCUT2D eigenvalue weighted by Gasteiger charge is -2.53. The van der Waals surface area contributed by atoms with Crippen LogP contribution in [0.2, 0.25) is 0 Å². The summed E-state index contributed by atoms with van der Waals surface area (Å²) >= 11 is 1.54. The number of anilines is 1. The van der Waals surface area contributed by atoms with Crippen LogP contribution in [0.3, 0.4) is 0 Å². The number of nitrogens with zero attached hydrogens (tertiary/aromatic N) is 3. The predicted molar refractivity (Wildman–Crippen MR) is 134 cm³/mol. The predicted octanol–water partition coefficient (Wildman–Crippen LogP) is 4.35. The molecule has 2 aromatic rings. The topological polar surface area (TPSA) is 95.4 Å². The summed E-state index contributed by atoms with van der Waals surface area (Å²) in [7, 11) is 0. The molecule has 184 valence electrons. The SMILES string of the molecule is CCN(CC)C(=O)[C@@H](C)[C@@H]1CC[C@@]2(C)Cc3sc(NC(=O)c4ccncc4)nc3[C@@H](C)[C@@H]2[C@H]1O. The first kappa shape index (κ1) is 24.8. The highest BCUT2D eigenvalue weighted by molar-refractivity contribution is 7.15. The fraction of sp³-hybridized carbons (Fsp3) is 0.615. The first-order chi connectivity index (χ1) is 16.2.